The first-order valence-electron chi connectivity index (χ1n) is 15.8. The summed E-state index contributed by atoms with van der Waals surface area (Å²) in [6.45, 7) is -0.342. The van der Waals surface area contributed by atoms with Crippen molar-refractivity contribution in [2.24, 2.45) is 0 Å². The number of nitrogens with one attached hydrogen (secondary N) is 2. The van der Waals surface area contributed by atoms with Crippen LogP contribution in [0.3, 0.4) is 0 Å². The number of anilines is 1. The number of rotatable bonds is 16. The number of ketones is 2. The minimum atomic E-state index is -1.18. The summed E-state index contributed by atoms with van der Waals surface area (Å²) in [5, 5.41) is 5.30. The lowest BCUT2D eigenvalue weighted by Gasteiger charge is -2.19. The number of aromatic nitrogens is 3. The van der Waals surface area contributed by atoms with Gasteiger partial charge in [0.05, 0.1) is 25.3 Å². The van der Waals surface area contributed by atoms with Gasteiger partial charge in [0.25, 0.3) is 5.56 Å². The van der Waals surface area contributed by atoms with Crippen LogP contribution in [0.1, 0.15) is 24.0 Å². The van der Waals surface area contributed by atoms with E-state index in [1.165, 1.54) is 6.20 Å². The van der Waals surface area contributed by atoms with Crippen molar-refractivity contribution in [1.29, 1.82) is 0 Å². The van der Waals surface area contributed by atoms with Gasteiger partial charge < -0.3 is 15.4 Å². The quantitative estimate of drug-likeness (QED) is 0.118. The van der Waals surface area contributed by atoms with Gasteiger partial charge in [-0.2, -0.15) is 0 Å². The van der Waals surface area contributed by atoms with Crippen LogP contribution < -0.4 is 20.9 Å². The molecule has 0 saturated heterocycles. The molecule has 0 spiro atoms. The molecule has 5 aromatic rings. The highest BCUT2D eigenvalue weighted by Crippen LogP contribution is 2.17. The molecule has 5 rings (SSSR count). The first kappa shape index (κ1) is 34.1. The number of Topliss-reactive ketones (excluding diaryl/α,β-unsaturated/α-hetero) is 2. The molecule has 3 aromatic carbocycles. The standard InChI is InChI=1S/C38H35N5O6/c44-32(19-12-22-49-35-20-10-11-21-39-35)36(47)30(23-27-13-4-1-5-14-27)41-34(46)26-43-37(29-17-8-3-9-18-29)40-25-31(38(43)48)42-33(45)24-28-15-6-2-7-16-28/h1-11,13-18,20-21,25,30H,12,19,22-24,26H2,(H,41,46)(H,42,45). The molecule has 0 saturated carbocycles. The Morgan fingerprint density at radius 1 is 0.755 bits per heavy atom. The number of benzene rings is 3. The van der Waals surface area contributed by atoms with E-state index in [9.17, 15) is 24.0 Å². The minimum absolute atomic E-state index is 0.0355. The summed E-state index contributed by atoms with van der Waals surface area (Å²) < 4.78 is 6.68. The van der Waals surface area contributed by atoms with Gasteiger partial charge in [-0.3, -0.25) is 28.5 Å². The average Bonchev–Trinajstić information content (AvgIpc) is 3.13. The molecule has 2 amide bonds. The average molecular weight is 658 g/mol. The summed E-state index contributed by atoms with van der Waals surface area (Å²) in [5.74, 6) is -1.92. The van der Waals surface area contributed by atoms with Crippen LogP contribution in [0.5, 0.6) is 5.88 Å². The Bertz CT molecular complexity index is 1930. The number of pyridine rings is 1. The highest BCUT2D eigenvalue weighted by atomic mass is 16.5. The molecule has 248 valence electrons. The van der Waals surface area contributed by atoms with Crippen molar-refractivity contribution in [1.82, 2.24) is 19.9 Å². The van der Waals surface area contributed by atoms with E-state index in [4.69, 9.17) is 4.74 Å². The third-order valence-corrected chi connectivity index (χ3v) is 7.51. The molecule has 0 aliphatic heterocycles. The molecule has 49 heavy (non-hydrogen) atoms. The normalized spacial score (nSPS) is 11.3. The molecular formula is C38H35N5O6. The second-order valence-corrected chi connectivity index (χ2v) is 11.2. The Balaban J connectivity index is 1.33. The molecule has 11 heteroatoms. The van der Waals surface area contributed by atoms with Gasteiger partial charge in [0.1, 0.15) is 18.1 Å². The number of nitrogens with zero attached hydrogens (tertiary/aromatic N) is 3. The smallest absolute Gasteiger partial charge is 0.278 e. The van der Waals surface area contributed by atoms with E-state index in [1.807, 2.05) is 24.3 Å². The Morgan fingerprint density at radius 3 is 2.08 bits per heavy atom. The van der Waals surface area contributed by atoms with Gasteiger partial charge in [0.15, 0.2) is 0 Å². The lowest BCUT2D eigenvalue weighted by atomic mass is 9.98. The van der Waals surface area contributed by atoms with Crippen LogP contribution in [0.15, 0.2) is 126 Å². The first-order chi connectivity index (χ1) is 23.9. The fourth-order valence-corrected chi connectivity index (χ4v) is 5.12. The zero-order chi connectivity index (χ0) is 34.4. The molecule has 0 radical (unpaired) electrons. The zero-order valence-corrected chi connectivity index (χ0v) is 26.7. The van der Waals surface area contributed by atoms with Crippen LogP contribution in [-0.2, 0) is 38.6 Å². The molecule has 1 atom stereocenters. The highest BCUT2D eigenvalue weighted by Gasteiger charge is 2.27. The number of hydrogen-bond donors (Lipinski definition) is 2. The molecular weight excluding hydrogens is 622 g/mol. The first-order valence-corrected chi connectivity index (χ1v) is 15.8. The van der Waals surface area contributed by atoms with E-state index in [0.717, 1.165) is 15.7 Å². The van der Waals surface area contributed by atoms with Crippen LogP contribution >= 0.6 is 0 Å². The number of ether oxygens (including phenoxy) is 1. The number of hydrogen-bond acceptors (Lipinski definition) is 8. The van der Waals surface area contributed by atoms with Crippen molar-refractivity contribution < 1.29 is 23.9 Å². The summed E-state index contributed by atoms with van der Waals surface area (Å²) in [6, 6.07) is 30.9. The van der Waals surface area contributed by atoms with Gasteiger partial charge in [-0.05, 0) is 23.6 Å². The molecule has 0 aliphatic carbocycles. The summed E-state index contributed by atoms with van der Waals surface area (Å²) in [7, 11) is 0. The van der Waals surface area contributed by atoms with Crippen molar-refractivity contribution in [3.8, 4) is 17.3 Å². The Hall–Kier alpha value is -6.23. The number of carbonyl (C=O) groups is 4. The molecule has 0 fully saturated rings. The van der Waals surface area contributed by atoms with E-state index in [0.29, 0.717) is 11.4 Å². The third kappa shape index (κ3) is 9.88. The predicted octanol–water partition coefficient (Wildman–Crippen LogP) is 4.21. The van der Waals surface area contributed by atoms with Gasteiger partial charge in [-0.15, -0.1) is 0 Å². The lowest BCUT2D eigenvalue weighted by molar-refractivity contribution is -0.139. The number of amides is 2. The second-order valence-electron chi connectivity index (χ2n) is 11.2. The summed E-state index contributed by atoms with van der Waals surface area (Å²) in [5.41, 5.74) is 1.31. The zero-order valence-electron chi connectivity index (χ0n) is 26.7. The van der Waals surface area contributed by atoms with Crippen LogP contribution in [0.25, 0.3) is 11.4 Å². The van der Waals surface area contributed by atoms with Gasteiger partial charge in [-0.1, -0.05) is 97.1 Å². The minimum Gasteiger partial charge on any atom is -0.478 e. The van der Waals surface area contributed by atoms with Crippen molar-refractivity contribution in [3.05, 3.63) is 143 Å². The monoisotopic (exact) mass is 657 g/mol. The van der Waals surface area contributed by atoms with Crippen molar-refractivity contribution in [2.45, 2.75) is 38.3 Å². The summed E-state index contributed by atoms with van der Waals surface area (Å²) in [4.78, 5) is 75.1. The Morgan fingerprint density at radius 2 is 1.41 bits per heavy atom. The SMILES string of the molecule is O=C(Cc1ccccc1)Nc1cnc(-c2ccccc2)n(CC(=O)NC(Cc2ccccc2)C(=O)C(=O)CCCOc2ccccn2)c1=O. The van der Waals surface area contributed by atoms with E-state index >= 15 is 0 Å². The molecule has 2 aromatic heterocycles. The van der Waals surface area contributed by atoms with Gasteiger partial charge >= 0.3 is 0 Å². The fourth-order valence-electron chi connectivity index (χ4n) is 5.12. The highest BCUT2D eigenvalue weighted by molar-refractivity contribution is 6.39. The maximum absolute atomic E-state index is 13.7. The molecule has 2 heterocycles. The lowest BCUT2D eigenvalue weighted by Crippen LogP contribution is -2.47. The van der Waals surface area contributed by atoms with Crippen LogP contribution in [0.4, 0.5) is 5.69 Å². The number of carbonyl (C=O) groups excluding carboxylic acids is 4. The largest absolute Gasteiger partial charge is 0.478 e. The van der Waals surface area contributed by atoms with Crippen molar-refractivity contribution >= 4 is 29.1 Å². The Labute approximate surface area is 283 Å². The molecule has 0 aliphatic rings. The van der Waals surface area contributed by atoms with Gasteiger partial charge in [-0.25, -0.2) is 9.97 Å². The molecule has 1 unspecified atom stereocenters. The summed E-state index contributed by atoms with van der Waals surface area (Å²) in [6.07, 6.45) is 3.15. The van der Waals surface area contributed by atoms with Crippen molar-refractivity contribution in [2.75, 3.05) is 11.9 Å². The van der Waals surface area contributed by atoms with Crippen LogP contribution in [0.2, 0.25) is 0 Å². The summed E-state index contributed by atoms with van der Waals surface area (Å²) >= 11 is 0. The van der Waals surface area contributed by atoms with Gasteiger partial charge in [0, 0.05) is 30.7 Å². The second kappa shape index (κ2) is 17.1. The van der Waals surface area contributed by atoms with Gasteiger partial charge in [0.2, 0.25) is 29.3 Å². The molecule has 0 bridgehead atoms. The van der Waals surface area contributed by atoms with Crippen LogP contribution in [-0.4, -0.2) is 50.6 Å². The predicted molar refractivity (Wildman–Crippen MR) is 184 cm³/mol. The van der Waals surface area contributed by atoms with E-state index < -0.39 is 41.5 Å². The van der Waals surface area contributed by atoms with Crippen molar-refractivity contribution in [3.63, 3.8) is 0 Å². The van der Waals surface area contributed by atoms with E-state index in [1.54, 1.807) is 91.1 Å². The third-order valence-electron chi connectivity index (χ3n) is 7.51. The maximum Gasteiger partial charge on any atom is 0.278 e. The molecule has 11 nitrogen and oxygen atoms in total. The fraction of sp³-hybridized carbons (Fsp3) is 0.184. The van der Waals surface area contributed by atoms with E-state index in [2.05, 4.69) is 20.6 Å². The topological polar surface area (TPSA) is 149 Å². The maximum atomic E-state index is 13.7. The van der Waals surface area contributed by atoms with Crippen LogP contribution in [0, 0.1) is 0 Å². The molecule has 2 N–H and O–H groups in total. The van der Waals surface area contributed by atoms with E-state index in [-0.39, 0.29) is 43.8 Å². The Kier molecular flexibility index (Phi) is 11.9.